The molecule has 0 unspecified atom stereocenters. The van der Waals surface area contributed by atoms with E-state index in [0.29, 0.717) is 17.5 Å². The summed E-state index contributed by atoms with van der Waals surface area (Å²) in [5.41, 5.74) is 13.1. The van der Waals surface area contributed by atoms with E-state index >= 15 is 0 Å². The summed E-state index contributed by atoms with van der Waals surface area (Å²) in [6.07, 6.45) is 3.66. The number of furan rings is 1. The Labute approximate surface area is 360 Å². The van der Waals surface area contributed by atoms with Gasteiger partial charge in [-0.05, 0) is 71.8 Å². The SMILES string of the molecule is c1ccc(-c2nc(-c3ccc(-c4cccnc4)cc3)nc(-c3ccc(-n4c5ccccc5c5c6c7ccccc7oc6c6c(c7ccccc7n6-c6ccccc6)c54)cc3)n2)cc1. The van der Waals surface area contributed by atoms with Gasteiger partial charge in [-0.3, -0.25) is 4.98 Å². The van der Waals surface area contributed by atoms with E-state index in [1.807, 2.05) is 42.6 Å². The maximum atomic E-state index is 6.95. The van der Waals surface area contributed by atoms with Gasteiger partial charge in [0.2, 0.25) is 0 Å². The lowest BCUT2D eigenvalue weighted by molar-refractivity contribution is 0.671. The van der Waals surface area contributed by atoms with E-state index in [9.17, 15) is 0 Å². The molecule has 294 valence electrons. The first-order chi connectivity index (χ1) is 31.3. The van der Waals surface area contributed by atoms with Gasteiger partial charge in [-0.15, -0.1) is 0 Å². The van der Waals surface area contributed by atoms with Gasteiger partial charge in [0.15, 0.2) is 23.1 Å². The molecule has 0 aliphatic heterocycles. The highest BCUT2D eigenvalue weighted by Crippen LogP contribution is 2.49. The van der Waals surface area contributed by atoms with Crippen molar-refractivity contribution < 1.29 is 4.42 Å². The van der Waals surface area contributed by atoms with Crippen molar-refractivity contribution >= 4 is 65.6 Å². The van der Waals surface area contributed by atoms with Gasteiger partial charge in [0.1, 0.15) is 5.58 Å². The van der Waals surface area contributed by atoms with Gasteiger partial charge < -0.3 is 13.6 Å². The van der Waals surface area contributed by atoms with Crippen LogP contribution < -0.4 is 0 Å². The quantitative estimate of drug-likeness (QED) is 0.167. The fraction of sp³-hybridized carbons (Fsp3) is 0. The molecular formula is C56H34N6O. The molecule has 0 saturated carbocycles. The normalized spacial score (nSPS) is 11.8. The van der Waals surface area contributed by atoms with Gasteiger partial charge in [-0.2, -0.15) is 0 Å². The van der Waals surface area contributed by atoms with Gasteiger partial charge in [0.05, 0.1) is 22.1 Å². The van der Waals surface area contributed by atoms with Crippen LogP contribution in [-0.2, 0) is 0 Å². The molecule has 0 aliphatic rings. The third-order valence-corrected chi connectivity index (χ3v) is 12.3. The number of aromatic nitrogens is 6. The average molecular weight is 807 g/mol. The van der Waals surface area contributed by atoms with E-state index in [-0.39, 0.29) is 0 Å². The molecule has 8 aromatic carbocycles. The fourth-order valence-electron chi connectivity index (χ4n) is 9.45. The van der Waals surface area contributed by atoms with E-state index in [1.165, 1.54) is 5.39 Å². The topological polar surface area (TPSA) is 74.6 Å². The maximum Gasteiger partial charge on any atom is 0.164 e. The van der Waals surface area contributed by atoms with Crippen molar-refractivity contribution in [2.45, 2.75) is 0 Å². The lowest BCUT2D eigenvalue weighted by atomic mass is 10.0. The second-order valence-electron chi connectivity index (χ2n) is 15.8. The van der Waals surface area contributed by atoms with E-state index < -0.39 is 0 Å². The van der Waals surface area contributed by atoms with Crippen molar-refractivity contribution in [1.29, 1.82) is 0 Å². The van der Waals surface area contributed by atoms with Crippen molar-refractivity contribution in [2.75, 3.05) is 0 Å². The number of fused-ring (bicyclic) bond motifs is 12. The molecule has 0 N–H and O–H groups in total. The van der Waals surface area contributed by atoms with Crippen LogP contribution in [0.5, 0.6) is 0 Å². The molecule has 63 heavy (non-hydrogen) atoms. The van der Waals surface area contributed by atoms with Crippen LogP contribution in [-0.4, -0.2) is 29.1 Å². The summed E-state index contributed by atoms with van der Waals surface area (Å²) in [4.78, 5) is 19.5. The highest BCUT2D eigenvalue weighted by Gasteiger charge is 2.27. The Morgan fingerprint density at radius 2 is 0.841 bits per heavy atom. The summed E-state index contributed by atoms with van der Waals surface area (Å²) in [5, 5.41) is 6.83. The highest BCUT2D eigenvalue weighted by molar-refractivity contribution is 6.39. The summed E-state index contributed by atoms with van der Waals surface area (Å²) in [6, 6.07) is 67.5. The summed E-state index contributed by atoms with van der Waals surface area (Å²) in [5.74, 6) is 1.83. The molecule has 13 rings (SSSR count). The first kappa shape index (κ1) is 35.1. The second kappa shape index (κ2) is 13.9. The van der Waals surface area contributed by atoms with Crippen molar-refractivity contribution in [3.05, 3.63) is 207 Å². The molecule has 0 fully saturated rings. The van der Waals surface area contributed by atoms with Crippen LogP contribution in [0.25, 0.3) is 122 Å². The number of hydrogen-bond acceptors (Lipinski definition) is 5. The van der Waals surface area contributed by atoms with Gasteiger partial charge in [0, 0.05) is 72.8 Å². The van der Waals surface area contributed by atoms with E-state index in [1.54, 1.807) is 6.20 Å². The Balaban J connectivity index is 1.05. The zero-order valence-corrected chi connectivity index (χ0v) is 33.7. The van der Waals surface area contributed by atoms with Gasteiger partial charge in [-0.25, -0.2) is 15.0 Å². The van der Waals surface area contributed by atoms with Crippen LogP contribution in [0.4, 0.5) is 0 Å². The summed E-state index contributed by atoms with van der Waals surface area (Å²) < 4.78 is 11.8. The number of rotatable bonds is 6. The van der Waals surface area contributed by atoms with Crippen LogP contribution in [0.2, 0.25) is 0 Å². The molecule has 0 spiro atoms. The van der Waals surface area contributed by atoms with Crippen LogP contribution in [0, 0.1) is 0 Å². The zero-order valence-electron chi connectivity index (χ0n) is 33.7. The van der Waals surface area contributed by atoms with Crippen LogP contribution in [0.3, 0.4) is 0 Å². The third kappa shape index (κ3) is 5.46. The monoisotopic (exact) mass is 806 g/mol. The minimum Gasteiger partial charge on any atom is -0.454 e. The van der Waals surface area contributed by atoms with E-state index in [4.69, 9.17) is 19.4 Å². The summed E-state index contributed by atoms with van der Waals surface area (Å²) >= 11 is 0. The minimum absolute atomic E-state index is 0.601. The predicted octanol–water partition coefficient (Wildman–Crippen LogP) is 14.0. The molecule has 7 nitrogen and oxygen atoms in total. The Hall–Kier alpha value is -8.68. The van der Waals surface area contributed by atoms with Crippen molar-refractivity contribution in [3.8, 4) is 56.7 Å². The predicted molar refractivity (Wildman–Crippen MR) is 255 cm³/mol. The van der Waals surface area contributed by atoms with E-state index in [0.717, 1.165) is 99.4 Å². The molecule has 5 heterocycles. The fourth-order valence-corrected chi connectivity index (χ4v) is 9.45. The van der Waals surface area contributed by atoms with Gasteiger partial charge in [-0.1, -0.05) is 133 Å². The largest absolute Gasteiger partial charge is 0.454 e. The smallest absolute Gasteiger partial charge is 0.164 e. The zero-order chi connectivity index (χ0) is 41.4. The Morgan fingerprint density at radius 1 is 0.349 bits per heavy atom. The lowest BCUT2D eigenvalue weighted by Gasteiger charge is -2.12. The molecule has 5 aromatic heterocycles. The first-order valence-corrected chi connectivity index (χ1v) is 21.0. The average Bonchev–Trinajstić information content (AvgIpc) is 4.03. The van der Waals surface area contributed by atoms with Gasteiger partial charge >= 0.3 is 0 Å². The molecular weight excluding hydrogens is 773 g/mol. The number of hydrogen-bond donors (Lipinski definition) is 0. The number of para-hydroxylation sites is 4. The first-order valence-electron chi connectivity index (χ1n) is 21.0. The van der Waals surface area contributed by atoms with E-state index in [2.05, 4.69) is 172 Å². The highest BCUT2D eigenvalue weighted by atomic mass is 16.3. The lowest BCUT2D eigenvalue weighted by Crippen LogP contribution is -2.00. The molecule has 0 bridgehead atoms. The van der Waals surface area contributed by atoms with Crippen molar-refractivity contribution in [3.63, 3.8) is 0 Å². The number of benzene rings is 8. The Bertz CT molecular complexity index is 3870. The molecule has 0 atom stereocenters. The van der Waals surface area contributed by atoms with Crippen LogP contribution in [0.15, 0.2) is 211 Å². The van der Waals surface area contributed by atoms with Crippen LogP contribution >= 0.6 is 0 Å². The molecule has 13 aromatic rings. The number of pyridine rings is 1. The molecule has 7 heteroatoms. The second-order valence-corrected chi connectivity index (χ2v) is 15.8. The van der Waals surface area contributed by atoms with Gasteiger partial charge in [0.25, 0.3) is 0 Å². The molecule has 0 radical (unpaired) electrons. The molecule has 0 amide bonds. The summed E-state index contributed by atoms with van der Waals surface area (Å²) in [6.45, 7) is 0. The van der Waals surface area contributed by atoms with Crippen molar-refractivity contribution in [2.24, 2.45) is 0 Å². The standard InChI is InChI=1S/C56H34N6O/c1-3-14-36(15-4-1)54-58-55(37-27-25-35(26-28-37)39-16-13-33-57-34-39)60-56(59-54)38-29-31-41(32-30-38)61-45-22-10-7-19-42(45)48-49-44-21-9-12-24-47(44)63-53(49)52-50(51(48)61)43-20-8-11-23-46(43)62(52)40-17-5-2-6-18-40/h1-34H. The van der Waals surface area contributed by atoms with Crippen molar-refractivity contribution in [1.82, 2.24) is 29.1 Å². The van der Waals surface area contributed by atoms with Crippen LogP contribution in [0.1, 0.15) is 0 Å². The number of nitrogens with zero attached hydrogens (tertiary/aromatic N) is 6. The molecule has 0 saturated heterocycles. The Morgan fingerprint density at radius 3 is 1.49 bits per heavy atom. The third-order valence-electron chi connectivity index (χ3n) is 12.3. The maximum absolute atomic E-state index is 6.95. The summed E-state index contributed by atoms with van der Waals surface area (Å²) in [7, 11) is 0. The Kier molecular flexibility index (Phi) is 7.77. The molecule has 0 aliphatic carbocycles. The minimum atomic E-state index is 0.601.